The maximum atomic E-state index is 12.1. The summed E-state index contributed by atoms with van der Waals surface area (Å²) >= 11 is 0. The number of nitrogens with one attached hydrogen (secondary N) is 1. The van der Waals surface area contributed by atoms with Crippen molar-refractivity contribution in [2.45, 2.75) is 13.3 Å². The first-order valence-electron chi connectivity index (χ1n) is 6.86. The van der Waals surface area contributed by atoms with Crippen LogP contribution >= 0.6 is 0 Å². The van der Waals surface area contributed by atoms with Gasteiger partial charge in [-0.2, -0.15) is 0 Å². The van der Waals surface area contributed by atoms with Crippen molar-refractivity contribution in [1.82, 2.24) is 10.2 Å². The molecule has 0 aromatic heterocycles. The third-order valence-electron chi connectivity index (χ3n) is 2.92. The molecule has 0 saturated carbocycles. The molecule has 0 unspecified atom stereocenters. The topological polar surface area (TPSA) is 35.6 Å². The molecule has 4 heteroatoms. The number of carbonyl (C=O) groups is 1. The van der Waals surface area contributed by atoms with Crippen LogP contribution in [0.25, 0.3) is 0 Å². The van der Waals surface area contributed by atoms with Crippen LogP contribution in [0.4, 0.5) is 5.69 Å². The van der Waals surface area contributed by atoms with E-state index in [9.17, 15) is 4.79 Å². The van der Waals surface area contributed by atoms with E-state index < -0.39 is 0 Å². The SMILES string of the molecule is CCN(C(=O)CNCCCN(C)C)c1ccccc1. The normalized spacial score (nSPS) is 10.7. The van der Waals surface area contributed by atoms with E-state index in [1.807, 2.05) is 37.3 Å². The van der Waals surface area contributed by atoms with Gasteiger partial charge < -0.3 is 15.1 Å². The Bertz CT molecular complexity index is 365. The number of carbonyl (C=O) groups excluding carboxylic acids is 1. The standard InChI is InChI=1S/C15H25N3O/c1-4-18(14-9-6-5-7-10-14)15(19)13-16-11-8-12-17(2)3/h5-7,9-10,16H,4,8,11-13H2,1-3H3. The number of nitrogens with zero attached hydrogens (tertiary/aromatic N) is 2. The van der Waals surface area contributed by atoms with Gasteiger partial charge in [-0.1, -0.05) is 18.2 Å². The van der Waals surface area contributed by atoms with E-state index in [0.29, 0.717) is 13.1 Å². The Labute approximate surface area is 116 Å². The van der Waals surface area contributed by atoms with Crippen molar-refractivity contribution in [2.75, 3.05) is 45.2 Å². The Kier molecular flexibility index (Phi) is 7.15. The summed E-state index contributed by atoms with van der Waals surface area (Å²) in [6.45, 7) is 5.00. The summed E-state index contributed by atoms with van der Waals surface area (Å²) in [6, 6.07) is 9.80. The predicted octanol–water partition coefficient (Wildman–Crippen LogP) is 1.58. The minimum absolute atomic E-state index is 0.124. The maximum absolute atomic E-state index is 12.1. The van der Waals surface area contributed by atoms with Gasteiger partial charge in [-0.3, -0.25) is 4.79 Å². The van der Waals surface area contributed by atoms with Gasteiger partial charge in [0.05, 0.1) is 6.54 Å². The minimum atomic E-state index is 0.124. The molecule has 1 aromatic rings. The molecule has 1 amide bonds. The molecule has 0 aliphatic carbocycles. The van der Waals surface area contributed by atoms with Gasteiger partial charge in [-0.15, -0.1) is 0 Å². The van der Waals surface area contributed by atoms with Crippen LogP contribution in [0.2, 0.25) is 0 Å². The van der Waals surface area contributed by atoms with Gasteiger partial charge in [0, 0.05) is 12.2 Å². The summed E-state index contributed by atoms with van der Waals surface area (Å²) in [5.74, 6) is 0.124. The molecular weight excluding hydrogens is 238 g/mol. The predicted molar refractivity (Wildman–Crippen MR) is 80.5 cm³/mol. The van der Waals surface area contributed by atoms with E-state index in [0.717, 1.165) is 25.2 Å². The number of likely N-dealkylation sites (N-methyl/N-ethyl adjacent to an activating group) is 1. The Balaban J connectivity index is 2.35. The highest BCUT2D eigenvalue weighted by molar-refractivity contribution is 5.94. The zero-order chi connectivity index (χ0) is 14.1. The summed E-state index contributed by atoms with van der Waals surface area (Å²) in [6.07, 6.45) is 1.05. The fraction of sp³-hybridized carbons (Fsp3) is 0.533. The molecule has 1 N–H and O–H groups in total. The number of rotatable bonds is 8. The van der Waals surface area contributed by atoms with Crippen molar-refractivity contribution in [3.05, 3.63) is 30.3 Å². The van der Waals surface area contributed by atoms with E-state index in [1.54, 1.807) is 4.90 Å². The Morgan fingerprint density at radius 1 is 1.21 bits per heavy atom. The van der Waals surface area contributed by atoms with Crippen LogP contribution < -0.4 is 10.2 Å². The van der Waals surface area contributed by atoms with Crippen LogP contribution in [-0.4, -0.2) is 51.1 Å². The van der Waals surface area contributed by atoms with Crippen molar-refractivity contribution in [3.8, 4) is 0 Å². The molecule has 1 aromatic carbocycles. The average molecular weight is 263 g/mol. The van der Waals surface area contributed by atoms with E-state index in [-0.39, 0.29) is 5.91 Å². The largest absolute Gasteiger partial charge is 0.312 e. The first-order chi connectivity index (χ1) is 9.15. The van der Waals surface area contributed by atoms with Gasteiger partial charge in [-0.25, -0.2) is 0 Å². The number of hydrogen-bond donors (Lipinski definition) is 1. The first-order valence-corrected chi connectivity index (χ1v) is 6.86. The fourth-order valence-electron chi connectivity index (χ4n) is 1.92. The lowest BCUT2D eigenvalue weighted by Gasteiger charge is -2.21. The van der Waals surface area contributed by atoms with Crippen LogP contribution in [0.3, 0.4) is 0 Å². The van der Waals surface area contributed by atoms with Gasteiger partial charge in [0.1, 0.15) is 0 Å². The lowest BCUT2D eigenvalue weighted by molar-refractivity contribution is -0.117. The molecule has 0 spiro atoms. The lowest BCUT2D eigenvalue weighted by Crippen LogP contribution is -2.38. The number of anilines is 1. The molecule has 106 valence electrons. The van der Waals surface area contributed by atoms with Crippen molar-refractivity contribution in [2.24, 2.45) is 0 Å². The highest BCUT2D eigenvalue weighted by atomic mass is 16.2. The summed E-state index contributed by atoms with van der Waals surface area (Å²) in [4.78, 5) is 16.1. The Hall–Kier alpha value is -1.39. The minimum Gasteiger partial charge on any atom is -0.312 e. The zero-order valence-electron chi connectivity index (χ0n) is 12.2. The Morgan fingerprint density at radius 2 is 1.89 bits per heavy atom. The average Bonchev–Trinajstić information content (AvgIpc) is 2.40. The number of para-hydroxylation sites is 1. The van der Waals surface area contributed by atoms with Crippen LogP contribution in [0.5, 0.6) is 0 Å². The molecule has 0 aliphatic heterocycles. The quantitative estimate of drug-likeness (QED) is 0.723. The van der Waals surface area contributed by atoms with Gasteiger partial charge >= 0.3 is 0 Å². The van der Waals surface area contributed by atoms with Crippen molar-refractivity contribution in [3.63, 3.8) is 0 Å². The van der Waals surface area contributed by atoms with Crippen LogP contribution in [0.15, 0.2) is 30.3 Å². The summed E-state index contributed by atoms with van der Waals surface area (Å²) in [7, 11) is 4.11. The zero-order valence-corrected chi connectivity index (χ0v) is 12.2. The van der Waals surface area contributed by atoms with Gasteiger partial charge in [0.25, 0.3) is 0 Å². The maximum Gasteiger partial charge on any atom is 0.240 e. The lowest BCUT2D eigenvalue weighted by atomic mass is 10.3. The highest BCUT2D eigenvalue weighted by Gasteiger charge is 2.12. The molecule has 19 heavy (non-hydrogen) atoms. The second kappa shape index (κ2) is 8.67. The van der Waals surface area contributed by atoms with Gasteiger partial charge in [0.15, 0.2) is 0 Å². The monoisotopic (exact) mass is 263 g/mol. The molecular formula is C15H25N3O. The highest BCUT2D eigenvalue weighted by Crippen LogP contribution is 2.12. The van der Waals surface area contributed by atoms with Gasteiger partial charge in [-0.05, 0) is 52.7 Å². The summed E-state index contributed by atoms with van der Waals surface area (Å²) in [5, 5.41) is 3.21. The van der Waals surface area contributed by atoms with Crippen molar-refractivity contribution >= 4 is 11.6 Å². The van der Waals surface area contributed by atoms with Crippen molar-refractivity contribution < 1.29 is 4.79 Å². The van der Waals surface area contributed by atoms with Crippen LogP contribution in [0.1, 0.15) is 13.3 Å². The molecule has 0 saturated heterocycles. The molecule has 4 nitrogen and oxygen atoms in total. The number of hydrogen-bond acceptors (Lipinski definition) is 3. The van der Waals surface area contributed by atoms with Gasteiger partial charge in [0.2, 0.25) is 5.91 Å². The van der Waals surface area contributed by atoms with Crippen LogP contribution in [0, 0.1) is 0 Å². The number of amides is 1. The van der Waals surface area contributed by atoms with E-state index in [2.05, 4.69) is 24.3 Å². The van der Waals surface area contributed by atoms with E-state index in [1.165, 1.54) is 0 Å². The molecule has 0 fully saturated rings. The molecule has 0 aliphatic rings. The molecule has 0 radical (unpaired) electrons. The van der Waals surface area contributed by atoms with E-state index >= 15 is 0 Å². The molecule has 0 bridgehead atoms. The summed E-state index contributed by atoms with van der Waals surface area (Å²) in [5.41, 5.74) is 0.963. The van der Waals surface area contributed by atoms with E-state index in [4.69, 9.17) is 0 Å². The smallest absolute Gasteiger partial charge is 0.240 e. The van der Waals surface area contributed by atoms with Crippen LogP contribution in [-0.2, 0) is 4.79 Å². The van der Waals surface area contributed by atoms with Crippen molar-refractivity contribution in [1.29, 1.82) is 0 Å². The fourth-order valence-corrected chi connectivity index (χ4v) is 1.92. The molecule has 0 atom stereocenters. The first kappa shape index (κ1) is 15.7. The third-order valence-corrected chi connectivity index (χ3v) is 2.92. The molecule has 1 rings (SSSR count). The Morgan fingerprint density at radius 3 is 2.47 bits per heavy atom. The third kappa shape index (κ3) is 5.85. The second-order valence-corrected chi connectivity index (χ2v) is 4.81. The second-order valence-electron chi connectivity index (χ2n) is 4.81. The molecule has 0 heterocycles. The number of benzene rings is 1. The summed E-state index contributed by atoms with van der Waals surface area (Å²) < 4.78 is 0.